The largest absolute Gasteiger partial charge is 0.375 e. The van der Waals surface area contributed by atoms with Crippen LogP contribution in [0.3, 0.4) is 0 Å². The van der Waals surface area contributed by atoms with Crippen molar-refractivity contribution in [3.63, 3.8) is 0 Å². The van der Waals surface area contributed by atoms with Crippen molar-refractivity contribution in [2.75, 3.05) is 18.4 Å². The van der Waals surface area contributed by atoms with E-state index in [4.69, 9.17) is 4.99 Å². The average molecular weight is 442 g/mol. The Bertz CT molecular complexity index is 1270. The number of fused-ring (bicyclic) bond motifs is 3. The Morgan fingerprint density at radius 1 is 1.21 bits per heavy atom. The number of hydrogen-bond acceptors (Lipinski definition) is 5. The normalized spacial score (nSPS) is 18.4. The quantitative estimate of drug-likeness (QED) is 0.647. The van der Waals surface area contributed by atoms with E-state index in [1.54, 1.807) is 22.1 Å². The van der Waals surface area contributed by atoms with Gasteiger partial charge in [-0.2, -0.15) is 5.10 Å². The molecule has 2 amide bonds. The van der Waals surface area contributed by atoms with Gasteiger partial charge in [-0.1, -0.05) is 0 Å². The highest BCUT2D eigenvalue weighted by Gasteiger charge is 2.27. The molecule has 0 aliphatic carbocycles. The van der Waals surface area contributed by atoms with Crippen LogP contribution in [0.4, 0.5) is 10.5 Å². The maximum Gasteiger partial charge on any atom is 0.327 e. The Hall–Kier alpha value is -3.94. The summed E-state index contributed by atoms with van der Waals surface area (Å²) in [5, 5.41) is 8.44. The van der Waals surface area contributed by atoms with Gasteiger partial charge < -0.3 is 10.2 Å². The minimum Gasteiger partial charge on any atom is -0.375 e. The fourth-order valence-electron chi connectivity index (χ4n) is 4.37. The predicted molar refractivity (Wildman–Crippen MR) is 131 cm³/mol. The molecule has 0 radical (unpaired) electrons. The van der Waals surface area contributed by atoms with E-state index >= 15 is 0 Å². The third-order valence-electron chi connectivity index (χ3n) is 5.99. The summed E-state index contributed by atoms with van der Waals surface area (Å²) in [4.78, 5) is 26.4. The molecule has 2 aromatic heterocycles. The van der Waals surface area contributed by atoms with Crippen LogP contribution in [-0.2, 0) is 7.05 Å². The number of rotatable bonds is 2. The lowest BCUT2D eigenvalue weighted by Crippen LogP contribution is -2.49. The van der Waals surface area contributed by atoms with Crippen molar-refractivity contribution in [3.05, 3.63) is 72.3 Å². The number of aryl methyl sites for hydroxylation is 2. The number of aromatic nitrogens is 3. The fraction of sp³-hybridized carbons (Fsp3) is 0.280. The Labute approximate surface area is 192 Å². The van der Waals surface area contributed by atoms with Crippen molar-refractivity contribution >= 4 is 34.7 Å². The molecule has 5 rings (SSSR count). The number of urea groups is 1. The first-order chi connectivity index (χ1) is 16.0. The predicted octanol–water partition coefficient (Wildman–Crippen LogP) is 4.17. The highest BCUT2D eigenvalue weighted by Crippen LogP contribution is 2.22. The van der Waals surface area contributed by atoms with E-state index < -0.39 is 0 Å². The minimum atomic E-state index is -0.191. The molecule has 8 nitrogen and oxygen atoms in total. The molecule has 1 fully saturated rings. The van der Waals surface area contributed by atoms with Crippen molar-refractivity contribution < 1.29 is 4.79 Å². The van der Waals surface area contributed by atoms with E-state index in [1.165, 1.54) is 0 Å². The molecule has 2 aliphatic heterocycles. The molecule has 4 heterocycles. The summed E-state index contributed by atoms with van der Waals surface area (Å²) in [5.74, 6) is 0. The molecule has 3 aromatic rings. The molecule has 0 spiro atoms. The van der Waals surface area contributed by atoms with Crippen LogP contribution in [0, 0.1) is 6.92 Å². The Kier molecular flexibility index (Phi) is 5.64. The Balaban J connectivity index is 1.45. The van der Waals surface area contributed by atoms with Gasteiger partial charge >= 0.3 is 6.03 Å². The number of carbonyl (C=O) groups excluding carboxylic acids is 1. The zero-order chi connectivity index (χ0) is 22.8. The van der Waals surface area contributed by atoms with Gasteiger partial charge in [0.15, 0.2) is 0 Å². The highest BCUT2D eigenvalue weighted by molar-refractivity contribution is 5.99. The van der Waals surface area contributed by atoms with Crippen LogP contribution >= 0.6 is 0 Å². The number of allylic oxidation sites excluding steroid dienone is 2. The highest BCUT2D eigenvalue weighted by atomic mass is 16.2. The second-order valence-corrected chi connectivity index (χ2v) is 8.53. The third-order valence-corrected chi connectivity index (χ3v) is 5.99. The lowest BCUT2D eigenvalue weighted by atomic mass is 10.0. The van der Waals surface area contributed by atoms with Gasteiger partial charge in [0.2, 0.25) is 0 Å². The number of hydrogen-bond donors (Lipinski definition) is 1. The molecule has 1 saturated heterocycles. The van der Waals surface area contributed by atoms with E-state index in [2.05, 4.69) is 26.5 Å². The fourth-order valence-corrected chi connectivity index (χ4v) is 4.37. The summed E-state index contributed by atoms with van der Waals surface area (Å²) in [6.07, 6.45) is 13.4. The molecular formula is C25H27N7O. The van der Waals surface area contributed by atoms with Gasteiger partial charge in [0.1, 0.15) is 0 Å². The number of nitrogens with one attached hydrogen (secondary N) is 1. The number of benzene rings is 1. The molecule has 0 saturated carbocycles. The maximum atomic E-state index is 13.4. The van der Waals surface area contributed by atoms with Crippen LogP contribution in [0.15, 0.2) is 66.1 Å². The van der Waals surface area contributed by atoms with Crippen LogP contribution < -0.4 is 5.32 Å². The SMILES string of the molecule is Cc1cc(C2=CC=CN3CCC[C@@H](C3)N(C(=O)Nc3ccc4nn(C)cc4c3)C=N2)ccn1. The van der Waals surface area contributed by atoms with Gasteiger partial charge in [0, 0.05) is 54.9 Å². The van der Waals surface area contributed by atoms with E-state index in [-0.39, 0.29) is 12.1 Å². The Morgan fingerprint density at radius 2 is 2.12 bits per heavy atom. The van der Waals surface area contributed by atoms with E-state index in [9.17, 15) is 4.79 Å². The molecule has 2 aliphatic rings. The monoisotopic (exact) mass is 441 g/mol. The second-order valence-electron chi connectivity index (χ2n) is 8.53. The first-order valence-corrected chi connectivity index (χ1v) is 11.2. The van der Waals surface area contributed by atoms with E-state index in [0.29, 0.717) is 0 Å². The maximum absolute atomic E-state index is 13.4. The van der Waals surface area contributed by atoms with E-state index in [0.717, 1.165) is 59.5 Å². The summed E-state index contributed by atoms with van der Waals surface area (Å²) in [7, 11) is 1.89. The third kappa shape index (κ3) is 4.64. The van der Waals surface area contributed by atoms with Gasteiger partial charge in [-0.25, -0.2) is 9.79 Å². The molecule has 1 N–H and O–H groups in total. The van der Waals surface area contributed by atoms with Gasteiger partial charge in [0.25, 0.3) is 0 Å². The summed E-state index contributed by atoms with van der Waals surface area (Å²) < 4.78 is 1.77. The standard InChI is InChI=1S/C25H27N7O/c1-18-13-19(9-10-26-18)23-6-4-12-31-11-3-5-22(16-31)32(17-27-23)25(33)28-21-7-8-24-20(14-21)15-30(2)29-24/h4,6-10,12-15,17,22H,3,5,11,16H2,1-2H3,(H,28,33)/t22-/m0/s1. The number of carbonyl (C=O) groups is 1. The lowest BCUT2D eigenvalue weighted by molar-refractivity contribution is 0.183. The molecular weight excluding hydrogens is 414 g/mol. The zero-order valence-corrected chi connectivity index (χ0v) is 18.8. The second kappa shape index (κ2) is 8.90. The zero-order valence-electron chi connectivity index (χ0n) is 18.8. The molecule has 1 atom stereocenters. The topological polar surface area (TPSA) is 78.6 Å². The molecule has 1 aromatic carbocycles. The van der Waals surface area contributed by atoms with Gasteiger partial charge in [-0.3, -0.25) is 14.6 Å². The number of anilines is 1. The van der Waals surface area contributed by atoms with Crippen LogP contribution in [0.2, 0.25) is 0 Å². The molecule has 8 heteroatoms. The van der Waals surface area contributed by atoms with Crippen molar-refractivity contribution in [3.8, 4) is 0 Å². The molecule has 168 valence electrons. The summed E-state index contributed by atoms with van der Waals surface area (Å²) >= 11 is 0. The number of amides is 2. The van der Waals surface area contributed by atoms with E-state index in [1.807, 2.05) is 62.7 Å². The van der Waals surface area contributed by atoms with Gasteiger partial charge in [-0.05, 0) is 68.4 Å². The average Bonchev–Trinajstić information content (AvgIpc) is 3.17. The van der Waals surface area contributed by atoms with Crippen molar-refractivity contribution in [2.45, 2.75) is 25.8 Å². The number of nitrogens with zero attached hydrogens (tertiary/aromatic N) is 6. The number of pyridine rings is 1. The van der Waals surface area contributed by atoms with Crippen LogP contribution in [-0.4, -0.2) is 56.1 Å². The number of piperidine rings is 1. The van der Waals surface area contributed by atoms with Crippen molar-refractivity contribution in [2.24, 2.45) is 12.0 Å². The summed E-state index contributed by atoms with van der Waals surface area (Å²) in [6.45, 7) is 3.71. The van der Waals surface area contributed by atoms with Crippen LogP contribution in [0.1, 0.15) is 24.1 Å². The van der Waals surface area contributed by atoms with Crippen molar-refractivity contribution in [1.82, 2.24) is 24.6 Å². The van der Waals surface area contributed by atoms with Crippen LogP contribution in [0.5, 0.6) is 0 Å². The minimum absolute atomic E-state index is 0.0350. The molecule has 33 heavy (non-hydrogen) atoms. The van der Waals surface area contributed by atoms with Gasteiger partial charge in [-0.15, -0.1) is 0 Å². The first kappa shape index (κ1) is 20.9. The van der Waals surface area contributed by atoms with Crippen LogP contribution in [0.25, 0.3) is 16.6 Å². The van der Waals surface area contributed by atoms with Crippen molar-refractivity contribution in [1.29, 1.82) is 0 Å². The smallest absolute Gasteiger partial charge is 0.327 e. The first-order valence-electron chi connectivity index (χ1n) is 11.2. The molecule has 0 unspecified atom stereocenters. The summed E-state index contributed by atoms with van der Waals surface area (Å²) in [5.41, 5.74) is 4.30. The summed E-state index contributed by atoms with van der Waals surface area (Å²) in [6, 6.07) is 9.52. The number of aliphatic imine (C=N–C) groups is 1. The Morgan fingerprint density at radius 3 is 3.00 bits per heavy atom. The molecule has 2 bridgehead atoms. The van der Waals surface area contributed by atoms with Gasteiger partial charge in [0.05, 0.1) is 23.6 Å². The lowest BCUT2D eigenvalue weighted by Gasteiger charge is -2.37.